The third-order valence-corrected chi connectivity index (χ3v) is 3.31. The highest BCUT2D eigenvalue weighted by Crippen LogP contribution is 2.18. The Morgan fingerprint density at radius 3 is 1.67 bits per heavy atom. The fourth-order valence-electron chi connectivity index (χ4n) is 1.34. The lowest BCUT2D eigenvalue weighted by molar-refractivity contribution is 0.0518. The van der Waals surface area contributed by atoms with Crippen molar-refractivity contribution in [2.75, 3.05) is 26.4 Å². The molecule has 0 aromatic heterocycles. The van der Waals surface area contributed by atoms with Crippen LogP contribution in [0.1, 0.15) is 33.6 Å². The molecule has 0 aliphatic heterocycles. The van der Waals surface area contributed by atoms with Gasteiger partial charge in [-0.1, -0.05) is 20.8 Å². The molecule has 92 valence electrons. The molecule has 0 rings (SSSR count). The van der Waals surface area contributed by atoms with E-state index >= 15 is 0 Å². The molecule has 0 unspecified atom stereocenters. The largest absolute Gasteiger partial charge is 0.396 e. The molecule has 0 aliphatic rings. The first-order chi connectivity index (χ1) is 7.01. The van der Waals surface area contributed by atoms with Crippen LogP contribution in [0.5, 0.6) is 0 Å². The number of nitrogens with one attached hydrogen (secondary N) is 1. The second-order valence-corrected chi connectivity index (χ2v) is 4.63. The molecule has 4 N–H and O–H groups in total. The van der Waals surface area contributed by atoms with Gasteiger partial charge in [-0.2, -0.15) is 0 Å². The Hall–Kier alpha value is -0.160. The van der Waals surface area contributed by atoms with Crippen LogP contribution in [0.25, 0.3) is 0 Å². The fourth-order valence-corrected chi connectivity index (χ4v) is 1.34. The molecule has 0 heterocycles. The molecule has 0 aromatic rings. The van der Waals surface area contributed by atoms with Crippen LogP contribution in [0.15, 0.2) is 0 Å². The molecule has 4 nitrogen and oxygen atoms in total. The average Bonchev–Trinajstić information content (AvgIpc) is 2.31. The number of hydrogen-bond donors (Lipinski definition) is 4. The summed E-state index contributed by atoms with van der Waals surface area (Å²) in [4.78, 5) is 0. The molecule has 0 saturated heterocycles. The van der Waals surface area contributed by atoms with Crippen molar-refractivity contribution < 1.29 is 15.3 Å². The molecule has 15 heavy (non-hydrogen) atoms. The van der Waals surface area contributed by atoms with Gasteiger partial charge in [0.05, 0.1) is 19.8 Å². The van der Waals surface area contributed by atoms with Crippen LogP contribution in [0.4, 0.5) is 0 Å². The van der Waals surface area contributed by atoms with E-state index in [1.807, 2.05) is 20.8 Å². The lowest BCUT2D eigenvalue weighted by atomic mass is 9.88. The van der Waals surface area contributed by atoms with Gasteiger partial charge in [0.2, 0.25) is 0 Å². The van der Waals surface area contributed by atoms with Crippen molar-refractivity contribution in [2.45, 2.75) is 39.2 Å². The minimum absolute atomic E-state index is 0.0641. The minimum Gasteiger partial charge on any atom is -0.396 e. The standard InChI is InChI=1S/C11H25NO3/c1-4-11(5-2,9-15)12-6-10(3,7-13)8-14/h12-15H,4-9H2,1-3H3. The summed E-state index contributed by atoms with van der Waals surface area (Å²) in [6, 6.07) is 0. The molecule has 0 aromatic carbocycles. The highest BCUT2D eigenvalue weighted by molar-refractivity contribution is 4.88. The number of aliphatic hydroxyl groups excluding tert-OH is 3. The number of rotatable bonds is 8. The maximum atomic E-state index is 9.33. The van der Waals surface area contributed by atoms with E-state index in [0.29, 0.717) is 6.54 Å². The van der Waals surface area contributed by atoms with Crippen LogP contribution < -0.4 is 5.32 Å². The summed E-state index contributed by atoms with van der Waals surface area (Å²) in [5, 5.41) is 30.9. The van der Waals surface area contributed by atoms with Gasteiger partial charge in [0.25, 0.3) is 0 Å². The zero-order valence-electron chi connectivity index (χ0n) is 10.1. The van der Waals surface area contributed by atoms with Gasteiger partial charge < -0.3 is 20.6 Å². The van der Waals surface area contributed by atoms with Gasteiger partial charge in [0.1, 0.15) is 0 Å². The molecule has 0 bridgehead atoms. The maximum absolute atomic E-state index is 9.33. The third-order valence-electron chi connectivity index (χ3n) is 3.31. The van der Waals surface area contributed by atoms with Gasteiger partial charge in [-0.05, 0) is 12.8 Å². The highest BCUT2D eigenvalue weighted by atomic mass is 16.3. The quantitative estimate of drug-likeness (QED) is 0.468. The number of hydrogen-bond acceptors (Lipinski definition) is 4. The predicted octanol–water partition coefficient (Wildman–Crippen LogP) is 0.118. The first-order valence-corrected chi connectivity index (χ1v) is 5.59. The second-order valence-electron chi connectivity index (χ2n) is 4.63. The topological polar surface area (TPSA) is 72.7 Å². The van der Waals surface area contributed by atoms with Gasteiger partial charge in [0, 0.05) is 17.5 Å². The van der Waals surface area contributed by atoms with Crippen LogP contribution in [0, 0.1) is 5.41 Å². The Morgan fingerprint density at radius 1 is 0.933 bits per heavy atom. The molecular formula is C11H25NO3. The summed E-state index contributed by atoms with van der Waals surface area (Å²) in [6.45, 7) is 6.30. The van der Waals surface area contributed by atoms with Crippen molar-refractivity contribution in [3.63, 3.8) is 0 Å². The Labute approximate surface area is 92.3 Å². The molecule has 0 amide bonds. The van der Waals surface area contributed by atoms with Gasteiger partial charge in [-0.15, -0.1) is 0 Å². The van der Waals surface area contributed by atoms with Crippen LogP contribution in [0.3, 0.4) is 0 Å². The summed E-state index contributed by atoms with van der Waals surface area (Å²) in [5.41, 5.74) is -0.809. The zero-order valence-corrected chi connectivity index (χ0v) is 10.1. The van der Waals surface area contributed by atoms with E-state index in [0.717, 1.165) is 12.8 Å². The molecule has 0 saturated carbocycles. The van der Waals surface area contributed by atoms with E-state index in [-0.39, 0.29) is 25.4 Å². The van der Waals surface area contributed by atoms with Gasteiger partial charge >= 0.3 is 0 Å². The first-order valence-electron chi connectivity index (χ1n) is 5.59. The van der Waals surface area contributed by atoms with E-state index in [4.69, 9.17) is 10.2 Å². The highest BCUT2D eigenvalue weighted by Gasteiger charge is 2.29. The maximum Gasteiger partial charge on any atom is 0.0613 e. The summed E-state index contributed by atoms with van der Waals surface area (Å²) < 4.78 is 0. The molecule has 4 heteroatoms. The van der Waals surface area contributed by atoms with Gasteiger partial charge in [0.15, 0.2) is 0 Å². The first kappa shape index (κ1) is 14.8. The lowest BCUT2D eigenvalue weighted by Gasteiger charge is -2.35. The Balaban J connectivity index is 4.32. The Bertz CT molecular complexity index is 157. The average molecular weight is 219 g/mol. The van der Waals surface area contributed by atoms with Crippen molar-refractivity contribution >= 4 is 0 Å². The van der Waals surface area contributed by atoms with E-state index < -0.39 is 5.41 Å². The smallest absolute Gasteiger partial charge is 0.0613 e. The molecular weight excluding hydrogens is 194 g/mol. The van der Waals surface area contributed by atoms with Crippen molar-refractivity contribution in [3.8, 4) is 0 Å². The molecule has 0 spiro atoms. The predicted molar refractivity (Wildman–Crippen MR) is 60.7 cm³/mol. The zero-order chi connectivity index (χ0) is 11.9. The number of aliphatic hydroxyl groups is 3. The molecule has 0 atom stereocenters. The van der Waals surface area contributed by atoms with E-state index in [9.17, 15) is 5.11 Å². The summed E-state index contributed by atoms with van der Waals surface area (Å²) in [7, 11) is 0. The molecule has 0 fully saturated rings. The van der Waals surface area contributed by atoms with Crippen LogP contribution >= 0.6 is 0 Å². The minimum atomic E-state index is -0.523. The van der Waals surface area contributed by atoms with E-state index in [1.165, 1.54) is 0 Å². The Morgan fingerprint density at radius 2 is 1.40 bits per heavy atom. The molecule has 0 radical (unpaired) electrons. The van der Waals surface area contributed by atoms with Crippen molar-refractivity contribution in [3.05, 3.63) is 0 Å². The van der Waals surface area contributed by atoms with Gasteiger partial charge in [-0.25, -0.2) is 0 Å². The summed E-state index contributed by atoms with van der Waals surface area (Å²) in [6.07, 6.45) is 1.65. The van der Waals surface area contributed by atoms with Crippen LogP contribution in [-0.4, -0.2) is 47.2 Å². The fraction of sp³-hybridized carbons (Fsp3) is 1.00. The van der Waals surface area contributed by atoms with Crippen LogP contribution in [-0.2, 0) is 0 Å². The summed E-state index contributed by atoms with van der Waals surface area (Å²) in [5.74, 6) is 0. The molecule has 0 aliphatic carbocycles. The summed E-state index contributed by atoms with van der Waals surface area (Å²) >= 11 is 0. The van der Waals surface area contributed by atoms with E-state index in [2.05, 4.69) is 5.32 Å². The monoisotopic (exact) mass is 219 g/mol. The van der Waals surface area contributed by atoms with Gasteiger partial charge in [-0.3, -0.25) is 0 Å². The second kappa shape index (κ2) is 6.43. The van der Waals surface area contributed by atoms with Crippen molar-refractivity contribution in [1.29, 1.82) is 0 Å². The van der Waals surface area contributed by atoms with Crippen molar-refractivity contribution in [1.82, 2.24) is 5.32 Å². The normalized spacial score (nSPS) is 13.2. The van der Waals surface area contributed by atoms with Crippen molar-refractivity contribution in [2.24, 2.45) is 5.41 Å². The SMILES string of the molecule is CCC(CC)(CO)NCC(C)(CO)CO. The van der Waals surface area contributed by atoms with E-state index in [1.54, 1.807) is 0 Å². The lowest BCUT2D eigenvalue weighted by Crippen LogP contribution is -2.52. The third kappa shape index (κ3) is 4.07. The van der Waals surface area contributed by atoms with Crippen LogP contribution in [0.2, 0.25) is 0 Å². The Kier molecular flexibility index (Phi) is 6.36.